The second kappa shape index (κ2) is 11.7. The van der Waals surface area contributed by atoms with Crippen molar-refractivity contribution in [3.63, 3.8) is 0 Å². The minimum atomic E-state index is -0.523. The number of nitrogens with zero attached hydrogens (tertiary/aromatic N) is 4. The Morgan fingerprint density at radius 3 is 2.54 bits per heavy atom. The van der Waals surface area contributed by atoms with E-state index in [-0.39, 0.29) is 47.4 Å². The molecular weight excluding hydrogens is 477 g/mol. The zero-order valence-corrected chi connectivity index (χ0v) is 22.7. The molecule has 1 N–H and O–H groups in total. The molecule has 1 aromatic carbocycles. The van der Waals surface area contributed by atoms with Crippen LogP contribution in [0.4, 0.5) is 15.0 Å². The highest BCUT2D eigenvalue weighted by Gasteiger charge is 2.29. The van der Waals surface area contributed by atoms with E-state index in [1.165, 1.54) is 30.7 Å². The Hall–Kier alpha value is -3.43. The molecule has 0 spiro atoms. The number of alkyl carbamates (subject to hydrolysis) is 1. The third kappa shape index (κ3) is 7.53. The van der Waals surface area contributed by atoms with Crippen LogP contribution in [0.5, 0.6) is 11.5 Å². The Balaban J connectivity index is 1.77. The average Bonchev–Trinajstić information content (AvgIpc) is 3.26. The van der Waals surface area contributed by atoms with Crippen molar-refractivity contribution >= 4 is 17.8 Å². The number of hydrogen-bond donors (Lipinski definition) is 1. The van der Waals surface area contributed by atoms with Gasteiger partial charge in [0.05, 0.1) is 18.4 Å². The van der Waals surface area contributed by atoms with Gasteiger partial charge in [0.1, 0.15) is 17.9 Å². The lowest BCUT2D eigenvalue weighted by Gasteiger charge is -2.31. The number of carbonyl (C=O) groups excluding carboxylic acids is 2. The Morgan fingerprint density at radius 2 is 1.89 bits per heavy atom. The number of hydrogen-bond acceptors (Lipinski definition) is 7. The van der Waals surface area contributed by atoms with Crippen LogP contribution in [0.15, 0.2) is 30.7 Å². The minimum absolute atomic E-state index is 0.0755. The standard InChI is InChI=1S/C27H38FN5O4/c1-17(2)33(18(3)4)25(34)21-12-20(28)8-9-22(21)37-23-13-29-16-30-24(23)32-11-10-19(14-32)15-36-26(35)31-27(5,6)7/h8-9,12-13,16-19H,10-11,14-15H2,1-7H3,(H,31,35)/t19-/m0/s1. The molecule has 1 aromatic heterocycles. The Labute approximate surface area is 218 Å². The number of amides is 2. The van der Waals surface area contributed by atoms with Crippen molar-refractivity contribution in [1.29, 1.82) is 0 Å². The van der Waals surface area contributed by atoms with Crippen LogP contribution in [-0.2, 0) is 4.74 Å². The van der Waals surface area contributed by atoms with Crippen molar-refractivity contribution < 1.29 is 23.5 Å². The predicted octanol–water partition coefficient (Wildman–Crippen LogP) is 5.02. The minimum Gasteiger partial charge on any atom is -0.451 e. The molecule has 2 heterocycles. The molecule has 10 heteroatoms. The van der Waals surface area contributed by atoms with Gasteiger partial charge < -0.3 is 24.6 Å². The van der Waals surface area contributed by atoms with Crippen LogP contribution in [0, 0.1) is 11.7 Å². The number of ether oxygens (including phenoxy) is 2. The molecule has 1 fully saturated rings. The zero-order chi connectivity index (χ0) is 27.3. The highest BCUT2D eigenvalue weighted by Crippen LogP contribution is 2.35. The number of rotatable bonds is 8. The monoisotopic (exact) mass is 515 g/mol. The fraction of sp³-hybridized carbons (Fsp3) is 0.556. The second-order valence-electron chi connectivity index (χ2n) is 10.9. The second-order valence-corrected chi connectivity index (χ2v) is 10.9. The van der Waals surface area contributed by atoms with Gasteiger partial charge in [0.2, 0.25) is 0 Å². The number of nitrogens with one attached hydrogen (secondary N) is 1. The first-order valence-corrected chi connectivity index (χ1v) is 12.7. The molecule has 2 aromatic rings. The van der Waals surface area contributed by atoms with Gasteiger partial charge in [-0.25, -0.2) is 19.2 Å². The van der Waals surface area contributed by atoms with Gasteiger partial charge in [0.25, 0.3) is 5.91 Å². The van der Waals surface area contributed by atoms with Crippen LogP contribution < -0.4 is 15.0 Å². The summed E-state index contributed by atoms with van der Waals surface area (Å²) in [6, 6.07) is 3.76. The van der Waals surface area contributed by atoms with E-state index in [4.69, 9.17) is 9.47 Å². The van der Waals surface area contributed by atoms with Crippen LogP contribution in [0.25, 0.3) is 0 Å². The van der Waals surface area contributed by atoms with Crippen LogP contribution in [0.2, 0.25) is 0 Å². The lowest BCUT2D eigenvalue weighted by Crippen LogP contribution is -2.42. The molecule has 1 aliphatic rings. The summed E-state index contributed by atoms with van der Waals surface area (Å²) in [5.41, 5.74) is -0.233. The van der Waals surface area contributed by atoms with E-state index < -0.39 is 11.9 Å². The maximum atomic E-state index is 14.2. The lowest BCUT2D eigenvalue weighted by atomic mass is 10.1. The summed E-state index contributed by atoms with van der Waals surface area (Å²) in [6.07, 6.45) is 3.33. The number of carbonyl (C=O) groups is 2. The van der Waals surface area contributed by atoms with Gasteiger partial charge >= 0.3 is 6.09 Å². The van der Waals surface area contributed by atoms with Gasteiger partial charge in [-0.1, -0.05) is 0 Å². The van der Waals surface area contributed by atoms with Crippen molar-refractivity contribution in [2.24, 2.45) is 5.92 Å². The van der Waals surface area contributed by atoms with Crippen LogP contribution in [-0.4, -0.2) is 64.2 Å². The van der Waals surface area contributed by atoms with Crippen LogP contribution in [0.1, 0.15) is 65.2 Å². The Kier molecular flexibility index (Phi) is 8.94. The third-order valence-corrected chi connectivity index (χ3v) is 5.91. The molecule has 0 saturated carbocycles. The smallest absolute Gasteiger partial charge is 0.407 e. The highest BCUT2D eigenvalue weighted by atomic mass is 19.1. The van der Waals surface area contributed by atoms with E-state index in [2.05, 4.69) is 15.3 Å². The fourth-order valence-corrected chi connectivity index (χ4v) is 4.40. The van der Waals surface area contributed by atoms with E-state index in [1.54, 1.807) is 4.90 Å². The normalized spacial score (nSPS) is 15.7. The number of halogens is 1. The van der Waals surface area contributed by atoms with Gasteiger partial charge in [0, 0.05) is 36.6 Å². The summed E-state index contributed by atoms with van der Waals surface area (Å²) in [7, 11) is 0. The molecule has 0 aliphatic carbocycles. The van der Waals surface area contributed by atoms with Gasteiger partial charge in [-0.2, -0.15) is 0 Å². The first kappa shape index (κ1) is 28.1. The molecule has 9 nitrogen and oxygen atoms in total. The van der Waals surface area contributed by atoms with Crippen molar-refractivity contribution in [3.8, 4) is 11.5 Å². The van der Waals surface area contributed by atoms with E-state index in [1.807, 2.05) is 53.4 Å². The summed E-state index contributed by atoms with van der Waals surface area (Å²) in [5, 5.41) is 2.79. The van der Waals surface area contributed by atoms with Crippen LogP contribution in [0.3, 0.4) is 0 Å². The molecule has 3 rings (SSSR count). The summed E-state index contributed by atoms with van der Waals surface area (Å²) in [6.45, 7) is 14.9. The molecule has 0 radical (unpaired) electrons. The average molecular weight is 516 g/mol. The maximum Gasteiger partial charge on any atom is 0.407 e. The zero-order valence-electron chi connectivity index (χ0n) is 22.7. The molecule has 0 unspecified atom stereocenters. The topological polar surface area (TPSA) is 96.9 Å². The van der Waals surface area contributed by atoms with E-state index in [0.29, 0.717) is 24.7 Å². The SMILES string of the molecule is CC(C)N(C(=O)c1cc(F)ccc1Oc1cncnc1N1CC[C@H](COC(=O)NC(C)(C)C)C1)C(C)C. The predicted molar refractivity (Wildman–Crippen MR) is 140 cm³/mol. The van der Waals surface area contributed by atoms with E-state index in [9.17, 15) is 14.0 Å². The molecule has 2 amide bonds. The summed E-state index contributed by atoms with van der Waals surface area (Å²) in [5.74, 6) is 0.434. The maximum absolute atomic E-state index is 14.2. The van der Waals surface area contributed by atoms with Crippen molar-refractivity contribution in [2.45, 2.75) is 72.5 Å². The fourth-order valence-electron chi connectivity index (χ4n) is 4.40. The molecular formula is C27H38FN5O4. The van der Waals surface area contributed by atoms with Gasteiger partial charge in [0.15, 0.2) is 11.6 Å². The Morgan fingerprint density at radius 1 is 1.19 bits per heavy atom. The molecule has 1 atom stereocenters. The summed E-state index contributed by atoms with van der Waals surface area (Å²) < 4.78 is 25.8. The van der Waals surface area contributed by atoms with E-state index >= 15 is 0 Å². The first-order chi connectivity index (χ1) is 17.4. The highest BCUT2D eigenvalue weighted by molar-refractivity contribution is 5.97. The van der Waals surface area contributed by atoms with Crippen molar-refractivity contribution in [1.82, 2.24) is 20.2 Å². The van der Waals surface area contributed by atoms with Crippen molar-refractivity contribution in [3.05, 3.63) is 42.1 Å². The summed E-state index contributed by atoms with van der Waals surface area (Å²) in [4.78, 5) is 37.6. The molecule has 1 aliphatic heterocycles. The number of anilines is 1. The Bertz CT molecular complexity index is 1090. The van der Waals surface area contributed by atoms with Gasteiger partial charge in [-0.05, 0) is 73.1 Å². The van der Waals surface area contributed by atoms with Crippen molar-refractivity contribution in [2.75, 3.05) is 24.6 Å². The number of benzene rings is 1. The number of aromatic nitrogens is 2. The largest absolute Gasteiger partial charge is 0.451 e. The van der Waals surface area contributed by atoms with Crippen LogP contribution >= 0.6 is 0 Å². The first-order valence-electron chi connectivity index (χ1n) is 12.7. The van der Waals surface area contributed by atoms with E-state index in [0.717, 1.165) is 6.42 Å². The van der Waals surface area contributed by atoms with Gasteiger partial charge in [-0.15, -0.1) is 0 Å². The molecule has 1 saturated heterocycles. The van der Waals surface area contributed by atoms with Gasteiger partial charge in [-0.3, -0.25) is 4.79 Å². The molecule has 37 heavy (non-hydrogen) atoms. The summed E-state index contributed by atoms with van der Waals surface area (Å²) >= 11 is 0. The third-order valence-electron chi connectivity index (χ3n) is 5.91. The lowest BCUT2D eigenvalue weighted by molar-refractivity contribution is 0.0640. The molecule has 0 bridgehead atoms. The molecule has 202 valence electrons. The quantitative estimate of drug-likeness (QED) is 0.527.